The van der Waals surface area contributed by atoms with Crippen LogP contribution in [0.15, 0.2) is 127 Å². The lowest BCUT2D eigenvalue weighted by atomic mass is 9.94. The van der Waals surface area contributed by atoms with Crippen LogP contribution >= 0.6 is 11.3 Å². The van der Waals surface area contributed by atoms with Gasteiger partial charge in [0, 0.05) is 27.0 Å². The molecule has 2 nitrogen and oxygen atoms in total. The lowest BCUT2D eigenvalue weighted by Gasteiger charge is -2.27. The molecule has 9 rings (SSSR count). The first-order chi connectivity index (χ1) is 21.7. The highest BCUT2D eigenvalue weighted by Gasteiger charge is 2.31. The molecule has 0 saturated heterocycles. The molecule has 1 aliphatic heterocycles. The van der Waals surface area contributed by atoms with Crippen molar-refractivity contribution in [3.05, 3.63) is 149 Å². The molecule has 2 aliphatic rings. The molecule has 1 unspecified atom stereocenters. The molecular weight excluding hydrogens is 553 g/mol. The van der Waals surface area contributed by atoms with E-state index in [0.29, 0.717) is 0 Å². The molecular formula is C41H32N2S. The van der Waals surface area contributed by atoms with Crippen LogP contribution in [0.5, 0.6) is 0 Å². The zero-order valence-electron chi connectivity index (χ0n) is 24.7. The van der Waals surface area contributed by atoms with E-state index in [1.54, 1.807) is 0 Å². The molecule has 1 atom stereocenters. The minimum absolute atomic E-state index is 0.00921. The zero-order chi connectivity index (χ0) is 29.2. The van der Waals surface area contributed by atoms with Crippen LogP contribution in [0, 0.1) is 0 Å². The molecule has 7 aromatic rings. The first-order valence-corrected chi connectivity index (χ1v) is 16.4. The van der Waals surface area contributed by atoms with Crippen LogP contribution in [-0.2, 0) is 12.8 Å². The summed E-state index contributed by atoms with van der Waals surface area (Å²) in [4.78, 5) is 0. The van der Waals surface area contributed by atoms with Gasteiger partial charge < -0.3 is 9.88 Å². The van der Waals surface area contributed by atoms with E-state index in [2.05, 4.69) is 144 Å². The Balaban J connectivity index is 1.33. The van der Waals surface area contributed by atoms with Crippen molar-refractivity contribution in [2.75, 3.05) is 5.32 Å². The normalized spacial score (nSPS) is 16.2. The molecule has 0 spiro atoms. The van der Waals surface area contributed by atoms with Crippen LogP contribution in [0.1, 0.15) is 41.8 Å². The molecule has 1 aliphatic carbocycles. The summed E-state index contributed by atoms with van der Waals surface area (Å²) >= 11 is 1.89. The standard InChI is InChI=1S/C41H32N2S/c1-26-22-35-33-19-8-10-21-38(33)44-41(35)42-39(31-17-11-16-28(23-31)27-12-3-2-4-13-27)40(26)43-36-20-9-7-18-32(36)34-24-29-14-5-6-15-30(29)25-37(34)43/h2-8,10-19,21,23-25,39,42H,9,20,22H2,1H3. The van der Waals surface area contributed by atoms with Crippen molar-refractivity contribution in [2.24, 2.45) is 0 Å². The summed E-state index contributed by atoms with van der Waals surface area (Å²) in [6.45, 7) is 2.37. The maximum absolute atomic E-state index is 4.14. The van der Waals surface area contributed by atoms with Gasteiger partial charge in [-0.3, -0.25) is 0 Å². The molecule has 0 radical (unpaired) electrons. The van der Waals surface area contributed by atoms with Crippen LogP contribution in [0.25, 0.3) is 54.7 Å². The zero-order valence-corrected chi connectivity index (χ0v) is 25.5. The Morgan fingerprint density at radius 1 is 0.750 bits per heavy atom. The number of hydrogen-bond donors (Lipinski definition) is 1. The summed E-state index contributed by atoms with van der Waals surface area (Å²) in [5.41, 5.74) is 12.1. The molecule has 0 amide bonds. The van der Waals surface area contributed by atoms with E-state index < -0.39 is 0 Å². The second-order valence-electron chi connectivity index (χ2n) is 12.2. The van der Waals surface area contributed by atoms with Gasteiger partial charge in [-0.25, -0.2) is 0 Å². The highest BCUT2D eigenvalue weighted by molar-refractivity contribution is 7.23. The molecule has 0 saturated carbocycles. The Morgan fingerprint density at radius 3 is 2.41 bits per heavy atom. The van der Waals surface area contributed by atoms with E-state index in [-0.39, 0.29) is 6.04 Å². The number of hydrogen-bond acceptors (Lipinski definition) is 2. The maximum Gasteiger partial charge on any atom is 0.0938 e. The third-order valence-electron chi connectivity index (χ3n) is 9.50. The number of fused-ring (bicyclic) bond motifs is 7. The van der Waals surface area contributed by atoms with Crippen molar-refractivity contribution in [3.63, 3.8) is 0 Å². The summed E-state index contributed by atoms with van der Waals surface area (Å²) in [6, 6.07) is 42.4. The first-order valence-electron chi connectivity index (χ1n) is 15.6. The van der Waals surface area contributed by atoms with Crippen molar-refractivity contribution in [2.45, 2.75) is 32.2 Å². The Bertz CT molecular complexity index is 2300. The highest BCUT2D eigenvalue weighted by atomic mass is 32.1. The van der Waals surface area contributed by atoms with Gasteiger partial charge in [0.25, 0.3) is 0 Å². The Kier molecular flexibility index (Phi) is 5.89. The summed E-state index contributed by atoms with van der Waals surface area (Å²) < 4.78 is 3.99. The molecule has 2 aromatic heterocycles. The van der Waals surface area contributed by atoms with E-state index in [0.717, 1.165) is 19.3 Å². The van der Waals surface area contributed by atoms with Crippen LogP contribution in [0.2, 0.25) is 0 Å². The van der Waals surface area contributed by atoms with Crippen molar-refractivity contribution in [1.82, 2.24) is 4.57 Å². The number of benzene rings is 5. The number of rotatable bonds is 3. The monoisotopic (exact) mass is 584 g/mol. The summed E-state index contributed by atoms with van der Waals surface area (Å²) in [7, 11) is 0. The topological polar surface area (TPSA) is 17.0 Å². The maximum atomic E-state index is 4.14. The molecule has 3 heteroatoms. The molecule has 1 N–H and O–H groups in total. The van der Waals surface area contributed by atoms with E-state index in [1.165, 1.54) is 81.5 Å². The number of allylic oxidation sites excluding steroid dienone is 2. The minimum atomic E-state index is -0.00921. The largest absolute Gasteiger partial charge is 0.364 e. The van der Waals surface area contributed by atoms with Gasteiger partial charge in [0.05, 0.1) is 16.6 Å². The molecule has 212 valence electrons. The van der Waals surface area contributed by atoms with Gasteiger partial charge in [-0.15, -0.1) is 11.3 Å². The van der Waals surface area contributed by atoms with E-state index in [4.69, 9.17) is 0 Å². The smallest absolute Gasteiger partial charge is 0.0938 e. The molecule has 0 fully saturated rings. The Labute approximate surface area is 261 Å². The average molecular weight is 585 g/mol. The highest BCUT2D eigenvalue weighted by Crippen LogP contribution is 2.47. The second kappa shape index (κ2) is 10.1. The minimum Gasteiger partial charge on any atom is -0.364 e. The van der Waals surface area contributed by atoms with Crippen LogP contribution in [0.3, 0.4) is 0 Å². The SMILES string of the molecule is CC1=C(n2c3c(c4cc5ccccc5cc42)C=CCC3)C(c2cccc(-c3ccccc3)c2)Nc2sc3ccccc3c2C1. The molecule has 44 heavy (non-hydrogen) atoms. The van der Waals surface area contributed by atoms with Gasteiger partial charge in [-0.2, -0.15) is 0 Å². The van der Waals surface area contributed by atoms with Gasteiger partial charge in [0.2, 0.25) is 0 Å². The number of aromatic nitrogens is 1. The summed E-state index contributed by atoms with van der Waals surface area (Å²) in [6.07, 6.45) is 7.73. The van der Waals surface area contributed by atoms with Gasteiger partial charge in [0.15, 0.2) is 0 Å². The molecule has 0 bridgehead atoms. The van der Waals surface area contributed by atoms with Gasteiger partial charge in [-0.05, 0) is 94.4 Å². The van der Waals surface area contributed by atoms with E-state index in [9.17, 15) is 0 Å². The lowest BCUT2D eigenvalue weighted by molar-refractivity contribution is 0.841. The van der Waals surface area contributed by atoms with Crippen molar-refractivity contribution < 1.29 is 0 Å². The number of anilines is 1. The van der Waals surface area contributed by atoms with E-state index in [1.807, 2.05) is 11.3 Å². The van der Waals surface area contributed by atoms with Crippen LogP contribution in [-0.4, -0.2) is 4.57 Å². The lowest BCUT2D eigenvalue weighted by Crippen LogP contribution is -2.18. The van der Waals surface area contributed by atoms with Crippen LogP contribution < -0.4 is 5.32 Å². The molecule has 5 aromatic carbocycles. The number of nitrogens with zero attached hydrogens (tertiary/aromatic N) is 1. The number of nitrogens with one attached hydrogen (secondary N) is 1. The summed E-state index contributed by atoms with van der Waals surface area (Å²) in [5.74, 6) is 0. The van der Waals surface area contributed by atoms with Gasteiger partial charge in [-0.1, -0.05) is 103 Å². The third kappa shape index (κ3) is 4.00. The summed E-state index contributed by atoms with van der Waals surface area (Å²) in [5, 5.41) is 10.7. The van der Waals surface area contributed by atoms with Crippen LogP contribution in [0.4, 0.5) is 5.00 Å². The van der Waals surface area contributed by atoms with Crippen molar-refractivity contribution >= 4 is 59.9 Å². The second-order valence-corrected chi connectivity index (χ2v) is 13.2. The van der Waals surface area contributed by atoms with E-state index >= 15 is 0 Å². The Morgan fingerprint density at radius 2 is 1.52 bits per heavy atom. The predicted molar refractivity (Wildman–Crippen MR) is 189 cm³/mol. The molecule has 3 heterocycles. The van der Waals surface area contributed by atoms with Gasteiger partial charge >= 0.3 is 0 Å². The first kappa shape index (κ1) is 25.6. The average Bonchev–Trinajstić information content (AvgIpc) is 3.53. The number of thiophene rings is 1. The fraction of sp³-hybridized carbons (Fsp3) is 0.122. The Hall–Kier alpha value is -4.86. The van der Waals surface area contributed by atoms with Crippen molar-refractivity contribution in [3.8, 4) is 11.1 Å². The quantitative estimate of drug-likeness (QED) is 0.219. The fourth-order valence-corrected chi connectivity index (χ4v) is 8.61. The third-order valence-corrected chi connectivity index (χ3v) is 10.6. The van der Waals surface area contributed by atoms with Crippen molar-refractivity contribution in [1.29, 1.82) is 0 Å². The predicted octanol–water partition coefficient (Wildman–Crippen LogP) is 11.3. The fourth-order valence-electron chi connectivity index (χ4n) is 7.46. The van der Waals surface area contributed by atoms with Gasteiger partial charge in [0.1, 0.15) is 0 Å².